The molecule has 0 bridgehead atoms. The predicted molar refractivity (Wildman–Crippen MR) is 103 cm³/mol. The summed E-state index contributed by atoms with van der Waals surface area (Å²) in [5.41, 5.74) is 1.34. The minimum absolute atomic E-state index is 0.0116. The van der Waals surface area contributed by atoms with Crippen molar-refractivity contribution < 1.29 is 4.79 Å². The van der Waals surface area contributed by atoms with Crippen molar-refractivity contribution in [2.45, 2.75) is 32.4 Å². The second kappa shape index (κ2) is 7.53. The summed E-state index contributed by atoms with van der Waals surface area (Å²) >= 11 is 1.45. The summed E-state index contributed by atoms with van der Waals surface area (Å²) in [4.78, 5) is 19.6. The molecule has 1 aliphatic heterocycles. The van der Waals surface area contributed by atoms with Crippen molar-refractivity contribution in [3.05, 3.63) is 41.8 Å². The fourth-order valence-corrected chi connectivity index (χ4v) is 4.08. The zero-order valence-corrected chi connectivity index (χ0v) is 16.1. The molecule has 0 unspecified atom stereocenters. The minimum atomic E-state index is -0.0116. The number of rotatable bonds is 5. The summed E-state index contributed by atoms with van der Waals surface area (Å²) in [7, 11) is 0. The van der Waals surface area contributed by atoms with Gasteiger partial charge in [0.2, 0.25) is 0 Å². The molecule has 0 saturated carbocycles. The molecule has 4 heterocycles. The lowest BCUT2D eigenvalue weighted by Crippen LogP contribution is -2.46. The van der Waals surface area contributed by atoms with Gasteiger partial charge in [0.1, 0.15) is 10.7 Å². The Morgan fingerprint density at radius 1 is 1.44 bits per heavy atom. The van der Waals surface area contributed by atoms with E-state index in [2.05, 4.69) is 39.4 Å². The van der Waals surface area contributed by atoms with E-state index in [1.165, 1.54) is 11.3 Å². The van der Waals surface area contributed by atoms with E-state index in [0.29, 0.717) is 11.5 Å². The van der Waals surface area contributed by atoms with E-state index in [9.17, 15) is 4.79 Å². The molecular weight excluding hydrogens is 362 g/mol. The number of carbonyl (C=O) groups excluding carboxylic acids is 1. The molecule has 0 aromatic carbocycles. The van der Waals surface area contributed by atoms with E-state index in [1.54, 1.807) is 17.1 Å². The molecule has 27 heavy (non-hydrogen) atoms. The first kappa shape index (κ1) is 17.7. The van der Waals surface area contributed by atoms with Gasteiger partial charge >= 0.3 is 0 Å². The van der Waals surface area contributed by atoms with Gasteiger partial charge in [0.25, 0.3) is 5.91 Å². The summed E-state index contributed by atoms with van der Waals surface area (Å²) in [5.74, 6) is 0.624. The zero-order valence-electron chi connectivity index (χ0n) is 15.2. The number of nitrogens with zero attached hydrogens (tertiary/aromatic N) is 6. The largest absolute Gasteiger partial charge is 0.331 e. The SMILES string of the molecule is CC(C)N(C(=O)c1csc(-c2cnn(-c3cccnn3)c2)n1)[C@@H]1CCNC1. The summed E-state index contributed by atoms with van der Waals surface area (Å²) in [5, 5.41) is 18.2. The van der Waals surface area contributed by atoms with Crippen LogP contribution in [0, 0.1) is 0 Å². The third kappa shape index (κ3) is 3.60. The van der Waals surface area contributed by atoms with E-state index in [4.69, 9.17) is 0 Å². The third-order valence-electron chi connectivity index (χ3n) is 4.56. The van der Waals surface area contributed by atoms with Crippen molar-refractivity contribution in [1.29, 1.82) is 0 Å². The maximum Gasteiger partial charge on any atom is 0.273 e. The normalized spacial score (nSPS) is 16.8. The van der Waals surface area contributed by atoms with E-state index in [-0.39, 0.29) is 18.0 Å². The van der Waals surface area contributed by atoms with Gasteiger partial charge in [0.15, 0.2) is 5.82 Å². The smallest absolute Gasteiger partial charge is 0.273 e. The van der Waals surface area contributed by atoms with E-state index in [0.717, 1.165) is 30.1 Å². The van der Waals surface area contributed by atoms with Crippen molar-refractivity contribution in [3.63, 3.8) is 0 Å². The highest BCUT2D eigenvalue weighted by Crippen LogP contribution is 2.25. The molecular formula is C18H21N7OS. The van der Waals surface area contributed by atoms with Crippen LogP contribution in [-0.2, 0) is 0 Å². The lowest BCUT2D eigenvalue weighted by Gasteiger charge is -2.31. The van der Waals surface area contributed by atoms with E-state index in [1.807, 2.05) is 28.6 Å². The van der Waals surface area contributed by atoms with Gasteiger partial charge in [0, 0.05) is 42.0 Å². The average Bonchev–Trinajstić information content (AvgIpc) is 3.42. The molecule has 140 valence electrons. The Morgan fingerprint density at radius 3 is 3.04 bits per heavy atom. The van der Waals surface area contributed by atoms with Gasteiger partial charge in [-0.2, -0.15) is 10.2 Å². The Labute approximate surface area is 161 Å². The van der Waals surface area contributed by atoms with Crippen LogP contribution in [0.4, 0.5) is 0 Å². The topological polar surface area (TPSA) is 88.8 Å². The highest BCUT2D eigenvalue weighted by molar-refractivity contribution is 7.13. The Bertz CT molecular complexity index is 915. The van der Waals surface area contributed by atoms with Crippen LogP contribution < -0.4 is 5.32 Å². The molecule has 0 radical (unpaired) electrons. The molecule has 0 spiro atoms. The number of aromatic nitrogens is 5. The van der Waals surface area contributed by atoms with Crippen LogP contribution in [-0.4, -0.2) is 60.9 Å². The maximum atomic E-state index is 13.0. The zero-order chi connectivity index (χ0) is 18.8. The van der Waals surface area contributed by atoms with Crippen LogP contribution in [0.5, 0.6) is 0 Å². The second-order valence-corrected chi connectivity index (χ2v) is 7.60. The molecule has 1 atom stereocenters. The number of carbonyl (C=O) groups is 1. The predicted octanol–water partition coefficient (Wildman–Crippen LogP) is 2.00. The molecule has 8 nitrogen and oxygen atoms in total. The van der Waals surface area contributed by atoms with Gasteiger partial charge in [-0.05, 0) is 38.9 Å². The van der Waals surface area contributed by atoms with Crippen LogP contribution >= 0.6 is 11.3 Å². The molecule has 0 aliphatic carbocycles. The van der Waals surface area contributed by atoms with Crippen molar-refractivity contribution in [2.75, 3.05) is 13.1 Å². The number of nitrogens with one attached hydrogen (secondary N) is 1. The van der Waals surface area contributed by atoms with Crippen molar-refractivity contribution in [2.24, 2.45) is 0 Å². The maximum absolute atomic E-state index is 13.0. The van der Waals surface area contributed by atoms with Crippen LogP contribution in [0.3, 0.4) is 0 Å². The van der Waals surface area contributed by atoms with Gasteiger partial charge in [-0.25, -0.2) is 9.67 Å². The molecule has 3 aromatic rings. The Balaban J connectivity index is 1.56. The number of thiazole rings is 1. The lowest BCUT2D eigenvalue weighted by atomic mass is 10.1. The van der Waals surface area contributed by atoms with Crippen molar-refractivity contribution >= 4 is 17.2 Å². The minimum Gasteiger partial charge on any atom is -0.331 e. The van der Waals surface area contributed by atoms with Gasteiger partial charge in [-0.15, -0.1) is 16.4 Å². The Morgan fingerprint density at radius 2 is 2.33 bits per heavy atom. The Kier molecular flexibility index (Phi) is 4.95. The van der Waals surface area contributed by atoms with Crippen molar-refractivity contribution in [1.82, 2.24) is 35.2 Å². The molecule has 1 fully saturated rings. The summed E-state index contributed by atoms with van der Waals surface area (Å²) in [6, 6.07) is 3.99. The quantitative estimate of drug-likeness (QED) is 0.725. The highest BCUT2D eigenvalue weighted by Gasteiger charge is 2.30. The second-order valence-electron chi connectivity index (χ2n) is 6.75. The first-order valence-electron chi connectivity index (χ1n) is 8.95. The van der Waals surface area contributed by atoms with Crippen molar-refractivity contribution in [3.8, 4) is 16.4 Å². The van der Waals surface area contributed by atoms with E-state index < -0.39 is 0 Å². The van der Waals surface area contributed by atoms with Crippen LogP contribution in [0.1, 0.15) is 30.8 Å². The molecule has 1 aliphatic rings. The summed E-state index contributed by atoms with van der Waals surface area (Å²) in [6.07, 6.45) is 6.17. The number of hydrogen-bond donors (Lipinski definition) is 1. The number of amides is 1. The summed E-state index contributed by atoms with van der Waals surface area (Å²) in [6.45, 7) is 5.89. The van der Waals surface area contributed by atoms with Gasteiger partial charge < -0.3 is 10.2 Å². The molecule has 9 heteroatoms. The van der Waals surface area contributed by atoms with Gasteiger partial charge in [-0.1, -0.05) is 0 Å². The first-order chi connectivity index (χ1) is 13.1. The van der Waals surface area contributed by atoms with Gasteiger partial charge in [0.05, 0.1) is 6.20 Å². The molecule has 1 amide bonds. The van der Waals surface area contributed by atoms with Gasteiger partial charge in [-0.3, -0.25) is 4.79 Å². The Hall–Kier alpha value is -2.65. The molecule has 1 saturated heterocycles. The fraction of sp³-hybridized carbons (Fsp3) is 0.389. The van der Waals surface area contributed by atoms with E-state index >= 15 is 0 Å². The third-order valence-corrected chi connectivity index (χ3v) is 5.46. The molecule has 3 aromatic heterocycles. The lowest BCUT2D eigenvalue weighted by molar-refractivity contribution is 0.0621. The summed E-state index contributed by atoms with van der Waals surface area (Å²) < 4.78 is 1.65. The monoisotopic (exact) mass is 383 g/mol. The van der Waals surface area contributed by atoms with Crippen LogP contribution in [0.2, 0.25) is 0 Å². The first-order valence-corrected chi connectivity index (χ1v) is 9.83. The molecule has 1 N–H and O–H groups in total. The standard InChI is InChI=1S/C18H21N7OS/c1-12(2)25(14-5-7-19-9-14)18(26)15-11-27-17(22-15)13-8-21-24(10-13)16-4-3-6-20-23-16/h3-4,6,8,10-12,14,19H,5,7,9H2,1-2H3/t14-/m1/s1. The van der Waals surface area contributed by atoms with Crippen LogP contribution in [0.25, 0.3) is 16.4 Å². The molecule has 4 rings (SSSR count). The number of hydrogen-bond acceptors (Lipinski definition) is 7. The fourth-order valence-electron chi connectivity index (χ4n) is 3.31. The highest BCUT2D eigenvalue weighted by atomic mass is 32.1. The van der Waals surface area contributed by atoms with Crippen LogP contribution in [0.15, 0.2) is 36.1 Å². The average molecular weight is 383 g/mol.